The molecule has 0 spiro atoms. The Hall–Kier alpha value is -1.77. The van der Waals surface area contributed by atoms with E-state index in [1.807, 2.05) is 26.0 Å². The summed E-state index contributed by atoms with van der Waals surface area (Å²) in [5.74, 6) is 0.682. The maximum Gasteiger partial charge on any atom is 0.336 e. The first-order valence-corrected chi connectivity index (χ1v) is 6.29. The van der Waals surface area contributed by atoms with E-state index < -0.39 is 0 Å². The average Bonchev–Trinajstić information content (AvgIpc) is 2.41. The highest BCUT2D eigenvalue weighted by molar-refractivity contribution is 5.77. The van der Waals surface area contributed by atoms with Crippen LogP contribution in [0.3, 0.4) is 0 Å². The van der Waals surface area contributed by atoms with Crippen LogP contribution in [0, 0.1) is 0 Å². The van der Waals surface area contributed by atoms with Crippen LogP contribution >= 0.6 is 0 Å². The van der Waals surface area contributed by atoms with E-state index in [4.69, 9.17) is 9.15 Å². The number of ether oxygens (including phenoxy) is 1. The summed E-state index contributed by atoms with van der Waals surface area (Å²) in [6.45, 7) is 8.25. The van der Waals surface area contributed by atoms with Crippen molar-refractivity contribution < 1.29 is 9.15 Å². The van der Waals surface area contributed by atoms with Crippen LogP contribution in [0.5, 0.6) is 5.75 Å². The molecule has 0 fully saturated rings. The van der Waals surface area contributed by atoms with Gasteiger partial charge in [0, 0.05) is 17.5 Å². The first-order valence-electron chi connectivity index (χ1n) is 6.29. The van der Waals surface area contributed by atoms with Gasteiger partial charge in [0.05, 0.1) is 7.11 Å². The van der Waals surface area contributed by atoms with Gasteiger partial charge in [-0.15, -0.1) is 0 Å². The van der Waals surface area contributed by atoms with Crippen LogP contribution in [0.15, 0.2) is 39.5 Å². The third kappa shape index (κ3) is 5.04. The van der Waals surface area contributed by atoms with Gasteiger partial charge in [0.25, 0.3) is 0 Å². The lowest BCUT2D eigenvalue weighted by Gasteiger charge is -1.99. The highest BCUT2D eigenvalue weighted by Gasteiger charge is 1.98. The van der Waals surface area contributed by atoms with Gasteiger partial charge in [-0.3, -0.25) is 0 Å². The molecule has 18 heavy (non-hydrogen) atoms. The van der Waals surface area contributed by atoms with Crippen molar-refractivity contribution in [3.05, 3.63) is 40.8 Å². The predicted molar refractivity (Wildman–Crippen MR) is 76.3 cm³/mol. The number of methoxy groups -OCH3 is 1. The standard InChI is InChI=1S/C10H8O3.C3H8.C2H6/c1-12-8-4-2-7-3-5-10(11)13-9(7)6-8;1-3-2;1-2/h2-6H,1H3;3H2,1-2H3;1-2H3. The van der Waals surface area contributed by atoms with Crippen LogP contribution in [-0.4, -0.2) is 7.11 Å². The highest BCUT2D eigenvalue weighted by Crippen LogP contribution is 2.18. The summed E-state index contributed by atoms with van der Waals surface area (Å²) in [4.78, 5) is 10.9. The zero-order chi connectivity index (χ0) is 14.0. The number of hydrogen-bond acceptors (Lipinski definition) is 3. The monoisotopic (exact) mass is 250 g/mol. The van der Waals surface area contributed by atoms with E-state index in [-0.39, 0.29) is 5.63 Å². The zero-order valence-corrected chi connectivity index (χ0v) is 11.8. The van der Waals surface area contributed by atoms with E-state index in [1.54, 1.807) is 19.2 Å². The number of rotatable bonds is 1. The van der Waals surface area contributed by atoms with Crippen molar-refractivity contribution in [2.24, 2.45) is 0 Å². The number of benzene rings is 1. The predicted octanol–water partition coefficient (Wildman–Crippen LogP) is 4.24. The highest BCUT2D eigenvalue weighted by atomic mass is 16.5. The first-order chi connectivity index (χ1) is 8.71. The molecule has 3 nitrogen and oxygen atoms in total. The Morgan fingerprint density at radius 1 is 1.11 bits per heavy atom. The van der Waals surface area contributed by atoms with Gasteiger partial charge < -0.3 is 9.15 Å². The Kier molecular flexibility index (Phi) is 8.37. The summed E-state index contributed by atoms with van der Waals surface area (Å²) in [5.41, 5.74) is 0.201. The fourth-order valence-electron chi connectivity index (χ4n) is 1.17. The lowest BCUT2D eigenvalue weighted by molar-refractivity contribution is 0.414. The molecule has 0 saturated heterocycles. The maximum atomic E-state index is 10.9. The zero-order valence-electron chi connectivity index (χ0n) is 11.8. The normalized spacial score (nSPS) is 8.72. The molecule has 100 valence electrons. The summed E-state index contributed by atoms with van der Waals surface area (Å²) in [5, 5.41) is 0.889. The molecule has 0 bridgehead atoms. The molecule has 0 aliphatic carbocycles. The average molecular weight is 250 g/mol. The van der Waals surface area contributed by atoms with Crippen molar-refractivity contribution >= 4 is 11.0 Å². The number of hydrogen-bond donors (Lipinski definition) is 0. The third-order valence-corrected chi connectivity index (χ3v) is 1.83. The summed E-state index contributed by atoms with van der Waals surface area (Å²) in [6.07, 6.45) is 1.25. The minimum atomic E-state index is -0.347. The maximum absolute atomic E-state index is 10.9. The first kappa shape index (κ1) is 16.2. The second-order valence-corrected chi connectivity index (χ2v) is 3.37. The SMILES string of the molecule is CC.CCC.COc1ccc2ccc(=O)oc2c1. The Morgan fingerprint density at radius 2 is 1.67 bits per heavy atom. The van der Waals surface area contributed by atoms with Gasteiger partial charge in [0.1, 0.15) is 11.3 Å². The van der Waals surface area contributed by atoms with Crippen LogP contribution in [0.4, 0.5) is 0 Å². The minimum absolute atomic E-state index is 0.347. The number of fused-ring (bicyclic) bond motifs is 1. The second kappa shape index (κ2) is 9.28. The molecule has 1 heterocycles. The summed E-state index contributed by atoms with van der Waals surface area (Å²) < 4.78 is 9.97. The molecule has 2 rings (SSSR count). The summed E-state index contributed by atoms with van der Waals surface area (Å²) >= 11 is 0. The van der Waals surface area contributed by atoms with Crippen LogP contribution < -0.4 is 10.4 Å². The third-order valence-electron chi connectivity index (χ3n) is 1.83. The molecular weight excluding hydrogens is 228 g/mol. The fourth-order valence-corrected chi connectivity index (χ4v) is 1.17. The van der Waals surface area contributed by atoms with Crippen molar-refractivity contribution in [3.8, 4) is 5.75 Å². The van der Waals surface area contributed by atoms with Crippen molar-refractivity contribution in [1.29, 1.82) is 0 Å². The lowest BCUT2D eigenvalue weighted by Crippen LogP contribution is -1.94. The molecule has 0 unspecified atom stereocenters. The molecule has 0 aliphatic heterocycles. The van der Waals surface area contributed by atoms with Gasteiger partial charge in [-0.05, 0) is 18.2 Å². The molecule has 0 radical (unpaired) electrons. The Labute approximate surface area is 108 Å². The van der Waals surface area contributed by atoms with Crippen LogP contribution in [0.25, 0.3) is 11.0 Å². The van der Waals surface area contributed by atoms with Gasteiger partial charge in [-0.2, -0.15) is 0 Å². The van der Waals surface area contributed by atoms with E-state index in [2.05, 4.69) is 13.8 Å². The smallest absolute Gasteiger partial charge is 0.336 e. The van der Waals surface area contributed by atoms with Crippen molar-refractivity contribution in [2.75, 3.05) is 7.11 Å². The van der Waals surface area contributed by atoms with Gasteiger partial charge in [0.15, 0.2) is 0 Å². The second-order valence-electron chi connectivity index (χ2n) is 3.37. The molecule has 0 aliphatic rings. The van der Waals surface area contributed by atoms with E-state index in [0.29, 0.717) is 11.3 Å². The van der Waals surface area contributed by atoms with E-state index in [1.165, 1.54) is 12.5 Å². The molecule has 0 amide bonds. The van der Waals surface area contributed by atoms with Gasteiger partial charge in [-0.25, -0.2) is 4.79 Å². The molecule has 2 aromatic rings. The minimum Gasteiger partial charge on any atom is -0.497 e. The largest absolute Gasteiger partial charge is 0.497 e. The van der Waals surface area contributed by atoms with Crippen molar-refractivity contribution in [2.45, 2.75) is 34.1 Å². The Balaban J connectivity index is 0.000000509. The lowest BCUT2D eigenvalue weighted by atomic mass is 10.2. The van der Waals surface area contributed by atoms with E-state index in [9.17, 15) is 4.79 Å². The van der Waals surface area contributed by atoms with Crippen molar-refractivity contribution in [3.63, 3.8) is 0 Å². The molecule has 1 aromatic carbocycles. The van der Waals surface area contributed by atoms with Crippen molar-refractivity contribution in [1.82, 2.24) is 0 Å². The van der Waals surface area contributed by atoms with Crippen LogP contribution in [0.2, 0.25) is 0 Å². The summed E-state index contributed by atoms with van der Waals surface area (Å²) in [6, 6.07) is 8.48. The fraction of sp³-hybridized carbons (Fsp3) is 0.400. The molecule has 0 atom stereocenters. The van der Waals surface area contributed by atoms with Crippen LogP contribution in [0.1, 0.15) is 34.1 Å². The Morgan fingerprint density at radius 3 is 2.22 bits per heavy atom. The van der Waals surface area contributed by atoms with Gasteiger partial charge in [-0.1, -0.05) is 34.1 Å². The topological polar surface area (TPSA) is 39.4 Å². The van der Waals surface area contributed by atoms with Gasteiger partial charge >= 0.3 is 5.63 Å². The summed E-state index contributed by atoms with van der Waals surface area (Å²) in [7, 11) is 1.57. The molecule has 0 N–H and O–H groups in total. The Bertz CT molecular complexity index is 500. The van der Waals surface area contributed by atoms with E-state index >= 15 is 0 Å². The molecule has 1 aromatic heterocycles. The molecule has 3 heteroatoms. The van der Waals surface area contributed by atoms with Gasteiger partial charge in [0.2, 0.25) is 0 Å². The van der Waals surface area contributed by atoms with E-state index in [0.717, 1.165) is 5.39 Å². The molecule has 0 saturated carbocycles. The molecular formula is C15H22O3. The quantitative estimate of drug-likeness (QED) is 0.710. The van der Waals surface area contributed by atoms with Crippen LogP contribution in [-0.2, 0) is 0 Å².